The fourth-order valence-electron chi connectivity index (χ4n) is 2.22. The number of aryl methyl sites for hydroxylation is 1. The highest BCUT2D eigenvalue weighted by Gasteiger charge is 2.14. The number of fused-ring (bicyclic) bond motifs is 1. The minimum absolute atomic E-state index is 0.0666. The third-order valence-electron chi connectivity index (χ3n) is 3.41. The number of aromatic nitrogens is 5. The Labute approximate surface area is 141 Å². The summed E-state index contributed by atoms with van der Waals surface area (Å²) >= 11 is 0. The Balaban J connectivity index is 1.45. The molecule has 4 rings (SSSR count). The van der Waals surface area contributed by atoms with Gasteiger partial charge in [-0.2, -0.15) is 4.98 Å². The van der Waals surface area contributed by atoms with Crippen molar-refractivity contribution in [1.82, 2.24) is 30.6 Å². The van der Waals surface area contributed by atoms with Crippen LogP contribution in [0.1, 0.15) is 22.1 Å². The average molecular weight is 336 g/mol. The molecular formula is C16H12N6O3. The quantitative estimate of drug-likeness (QED) is 0.600. The third kappa shape index (κ3) is 3.07. The molecule has 1 aromatic carbocycles. The van der Waals surface area contributed by atoms with Crippen molar-refractivity contribution < 1.29 is 13.8 Å². The molecule has 0 aliphatic heterocycles. The minimum atomic E-state index is -0.379. The molecule has 0 aliphatic carbocycles. The van der Waals surface area contributed by atoms with Gasteiger partial charge in [-0.3, -0.25) is 9.78 Å². The summed E-state index contributed by atoms with van der Waals surface area (Å²) < 4.78 is 10.1. The Morgan fingerprint density at radius 3 is 2.76 bits per heavy atom. The normalized spacial score (nSPS) is 10.9. The molecule has 124 valence electrons. The monoisotopic (exact) mass is 336 g/mol. The highest BCUT2D eigenvalue weighted by atomic mass is 16.5. The summed E-state index contributed by atoms with van der Waals surface area (Å²) in [6, 6.07) is 9.02. The van der Waals surface area contributed by atoms with E-state index in [0.717, 1.165) is 5.52 Å². The first-order valence-electron chi connectivity index (χ1n) is 7.45. The second kappa shape index (κ2) is 6.11. The maximum Gasteiger partial charge on any atom is 0.271 e. The number of carbonyl (C=O) groups excluding carboxylic acids is 1. The van der Waals surface area contributed by atoms with Gasteiger partial charge in [-0.25, -0.2) is 4.98 Å². The second-order valence-electron chi connectivity index (χ2n) is 5.26. The zero-order valence-corrected chi connectivity index (χ0v) is 13.1. The predicted octanol–water partition coefficient (Wildman–Crippen LogP) is 1.91. The summed E-state index contributed by atoms with van der Waals surface area (Å²) in [5.74, 6) is 0.809. The fraction of sp³-hybridized carbons (Fsp3) is 0.125. The van der Waals surface area contributed by atoms with Gasteiger partial charge in [0.1, 0.15) is 11.5 Å². The number of carbonyl (C=O) groups is 1. The maximum absolute atomic E-state index is 12.2. The fourth-order valence-corrected chi connectivity index (χ4v) is 2.22. The Morgan fingerprint density at radius 2 is 1.96 bits per heavy atom. The van der Waals surface area contributed by atoms with Gasteiger partial charge in [0, 0.05) is 6.07 Å². The van der Waals surface area contributed by atoms with Gasteiger partial charge in [0.15, 0.2) is 5.69 Å². The summed E-state index contributed by atoms with van der Waals surface area (Å²) in [7, 11) is 0. The van der Waals surface area contributed by atoms with E-state index >= 15 is 0 Å². The smallest absolute Gasteiger partial charge is 0.271 e. The number of nitrogens with zero attached hydrogens (tertiary/aromatic N) is 5. The highest BCUT2D eigenvalue weighted by molar-refractivity contribution is 5.93. The van der Waals surface area contributed by atoms with Crippen LogP contribution in [0.25, 0.3) is 22.6 Å². The van der Waals surface area contributed by atoms with Crippen molar-refractivity contribution in [2.24, 2.45) is 0 Å². The molecule has 0 saturated heterocycles. The zero-order chi connectivity index (χ0) is 17.2. The lowest BCUT2D eigenvalue weighted by Gasteiger charge is -2.02. The molecule has 0 atom stereocenters. The molecule has 25 heavy (non-hydrogen) atoms. The van der Waals surface area contributed by atoms with Crippen LogP contribution in [0.4, 0.5) is 0 Å². The molecule has 0 bridgehead atoms. The number of amides is 1. The molecule has 0 saturated carbocycles. The zero-order valence-electron chi connectivity index (χ0n) is 13.1. The Hall–Kier alpha value is -3.62. The van der Waals surface area contributed by atoms with Gasteiger partial charge >= 0.3 is 0 Å². The number of hydrogen-bond acceptors (Lipinski definition) is 8. The first-order valence-corrected chi connectivity index (χ1v) is 7.45. The lowest BCUT2D eigenvalue weighted by Crippen LogP contribution is -2.24. The van der Waals surface area contributed by atoms with Crippen LogP contribution in [-0.4, -0.2) is 31.2 Å². The van der Waals surface area contributed by atoms with E-state index in [4.69, 9.17) is 9.05 Å². The van der Waals surface area contributed by atoms with Crippen molar-refractivity contribution in [1.29, 1.82) is 0 Å². The van der Waals surface area contributed by atoms with E-state index in [9.17, 15) is 4.79 Å². The molecule has 9 heteroatoms. The summed E-state index contributed by atoms with van der Waals surface area (Å²) in [6.07, 6.45) is 1.43. The first kappa shape index (κ1) is 14.9. The van der Waals surface area contributed by atoms with Gasteiger partial charge in [-0.05, 0) is 19.1 Å². The molecule has 3 heterocycles. The molecule has 0 radical (unpaired) electrons. The van der Waals surface area contributed by atoms with E-state index in [1.807, 2.05) is 18.2 Å². The molecule has 1 amide bonds. The van der Waals surface area contributed by atoms with Crippen molar-refractivity contribution in [3.63, 3.8) is 0 Å². The summed E-state index contributed by atoms with van der Waals surface area (Å²) in [4.78, 5) is 24.9. The van der Waals surface area contributed by atoms with Crippen LogP contribution in [0, 0.1) is 6.92 Å². The van der Waals surface area contributed by atoms with Crippen LogP contribution in [0.2, 0.25) is 0 Å². The van der Waals surface area contributed by atoms with Gasteiger partial charge in [0.25, 0.3) is 5.91 Å². The molecular weight excluding hydrogens is 324 g/mol. The van der Waals surface area contributed by atoms with Crippen LogP contribution in [0.15, 0.2) is 45.6 Å². The predicted molar refractivity (Wildman–Crippen MR) is 85.2 cm³/mol. The molecule has 9 nitrogen and oxygen atoms in total. The van der Waals surface area contributed by atoms with Crippen LogP contribution in [0.3, 0.4) is 0 Å². The van der Waals surface area contributed by atoms with E-state index in [-0.39, 0.29) is 24.0 Å². The number of hydrogen-bond donors (Lipinski definition) is 1. The molecule has 4 aromatic rings. The number of nitrogens with one attached hydrogen (secondary N) is 1. The van der Waals surface area contributed by atoms with E-state index in [1.54, 1.807) is 19.1 Å². The van der Waals surface area contributed by atoms with Gasteiger partial charge < -0.3 is 14.4 Å². The minimum Gasteiger partial charge on any atom is -0.361 e. The topological polar surface area (TPSA) is 120 Å². The van der Waals surface area contributed by atoms with Crippen LogP contribution >= 0.6 is 0 Å². The number of rotatable bonds is 4. The van der Waals surface area contributed by atoms with Gasteiger partial charge in [-0.1, -0.05) is 22.4 Å². The van der Waals surface area contributed by atoms with Crippen molar-refractivity contribution in [2.75, 3.05) is 0 Å². The Kier molecular flexibility index (Phi) is 3.65. The van der Waals surface area contributed by atoms with E-state index in [2.05, 4.69) is 30.6 Å². The SMILES string of the molecule is Cc1cc(-c2noc(CNC(=O)c3cnc4ccccc4n3)n2)no1. The highest BCUT2D eigenvalue weighted by Crippen LogP contribution is 2.15. The van der Waals surface area contributed by atoms with Crippen LogP contribution < -0.4 is 5.32 Å². The van der Waals surface area contributed by atoms with Crippen molar-refractivity contribution >= 4 is 16.9 Å². The Bertz CT molecular complexity index is 1050. The van der Waals surface area contributed by atoms with Crippen LogP contribution in [-0.2, 0) is 6.54 Å². The number of benzene rings is 1. The standard InChI is InChI=1S/C16H12N6O3/c1-9-6-12(21-24-9)15-20-14(25-22-15)8-18-16(23)13-7-17-10-4-2-3-5-11(10)19-13/h2-7H,8H2,1H3,(H,18,23). The molecule has 1 N–H and O–H groups in total. The molecule has 0 aliphatic rings. The Morgan fingerprint density at radius 1 is 1.12 bits per heavy atom. The third-order valence-corrected chi connectivity index (χ3v) is 3.41. The summed E-state index contributed by atoms with van der Waals surface area (Å²) in [5, 5.41) is 10.3. The lowest BCUT2D eigenvalue weighted by atomic mass is 10.3. The molecule has 3 aromatic heterocycles. The first-order chi connectivity index (χ1) is 12.2. The van der Waals surface area contributed by atoms with Gasteiger partial charge in [0.05, 0.1) is 23.8 Å². The second-order valence-corrected chi connectivity index (χ2v) is 5.26. The van der Waals surface area contributed by atoms with Gasteiger partial charge in [-0.15, -0.1) is 0 Å². The van der Waals surface area contributed by atoms with Crippen molar-refractivity contribution in [3.8, 4) is 11.5 Å². The molecule has 0 fully saturated rings. The van der Waals surface area contributed by atoms with E-state index < -0.39 is 0 Å². The average Bonchev–Trinajstić information content (AvgIpc) is 3.28. The summed E-state index contributed by atoms with van der Waals surface area (Å²) in [6.45, 7) is 1.83. The van der Waals surface area contributed by atoms with E-state index in [0.29, 0.717) is 22.8 Å². The van der Waals surface area contributed by atoms with Crippen molar-refractivity contribution in [3.05, 3.63) is 53.9 Å². The van der Waals surface area contributed by atoms with E-state index in [1.165, 1.54) is 6.20 Å². The number of para-hydroxylation sites is 2. The van der Waals surface area contributed by atoms with Crippen molar-refractivity contribution in [2.45, 2.75) is 13.5 Å². The lowest BCUT2D eigenvalue weighted by molar-refractivity contribution is 0.0941. The maximum atomic E-state index is 12.2. The summed E-state index contributed by atoms with van der Waals surface area (Å²) in [5.41, 5.74) is 2.06. The largest absolute Gasteiger partial charge is 0.361 e. The van der Waals surface area contributed by atoms with Gasteiger partial charge in [0.2, 0.25) is 11.7 Å². The molecule has 0 unspecified atom stereocenters. The molecule has 0 spiro atoms. The van der Waals surface area contributed by atoms with Crippen LogP contribution in [0.5, 0.6) is 0 Å².